The molecule has 5 rings (SSSR count). The predicted octanol–water partition coefficient (Wildman–Crippen LogP) is 2.52. The number of oxazole rings is 1. The molecule has 8 heteroatoms. The molecule has 0 unspecified atom stereocenters. The minimum atomic E-state index is -0.134. The van der Waals surface area contributed by atoms with Crippen molar-refractivity contribution in [2.24, 2.45) is 0 Å². The number of nitrogens with zero attached hydrogens (tertiary/aromatic N) is 6. The van der Waals surface area contributed by atoms with Gasteiger partial charge in [-0.15, -0.1) is 10.2 Å². The van der Waals surface area contributed by atoms with Crippen LogP contribution >= 0.6 is 0 Å². The Morgan fingerprint density at radius 2 is 1.79 bits per heavy atom. The Morgan fingerprint density at radius 1 is 0.964 bits per heavy atom. The number of pyridine rings is 1. The van der Waals surface area contributed by atoms with Gasteiger partial charge in [-0.2, -0.15) is 0 Å². The highest BCUT2D eigenvalue weighted by Gasteiger charge is 2.27. The van der Waals surface area contributed by atoms with E-state index in [1.54, 1.807) is 40.3 Å². The lowest BCUT2D eigenvalue weighted by atomic mass is 10.1. The number of hydrogen-bond acceptors (Lipinski definition) is 6. The maximum absolute atomic E-state index is 13.0. The Hall–Kier alpha value is -3.81. The van der Waals surface area contributed by atoms with Crippen LogP contribution in [0, 0.1) is 0 Å². The number of rotatable bonds is 3. The highest BCUT2D eigenvalue weighted by molar-refractivity contribution is 5.92. The summed E-state index contributed by atoms with van der Waals surface area (Å²) >= 11 is 0. The second-order valence-corrected chi connectivity index (χ2v) is 6.48. The first kappa shape index (κ1) is 16.4. The molecule has 0 N–H and O–H groups in total. The van der Waals surface area contributed by atoms with Crippen LogP contribution in [0.4, 0.5) is 0 Å². The van der Waals surface area contributed by atoms with Crippen LogP contribution in [0.1, 0.15) is 21.9 Å². The van der Waals surface area contributed by atoms with Crippen molar-refractivity contribution in [2.45, 2.75) is 13.0 Å². The lowest BCUT2D eigenvalue weighted by molar-refractivity contribution is 0.0722. The summed E-state index contributed by atoms with van der Waals surface area (Å²) < 4.78 is 7.57. The number of amides is 1. The van der Waals surface area contributed by atoms with E-state index >= 15 is 0 Å². The summed E-state index contributed by atoms with van der Waals surface area (Å²) in [6.45, 7) is 0.969. The van der Waals surface area contributed by atoms with E-state index < -0.39 is 0 Å². The fraction of sp³-hybridized carbons (Fsp3) is 0.150. The molecule has 8 nitrogen and oxygen atoms in total. The molecule has 0 atom stereocenters. The molecule has 4 heterocycles. The minimum Gasteiger partial charge on any atom is -0.441 e. The zero-order valence-corrected chi connectivity index (χ0v) is 14.9. The van der Waals surface area contributed by atoms with Gasteiger partial charge in [0.25, 0.3) is 5.91 Å². The van der Waals surface area contributed by atoms with Crippen molar-refractivity contribution < 1.29 is 9.21 Å². The van der Waals surface area contributed by atoms with E-state index in [0.29, 0.717) is 36.9 Å². The maximum Gasteiger partial charge on any atom is 0.272 e. The number of hydrogen-bond donors (Lipinski definition) is 0. The monoisotopic (exact) mass is 372 g/mol. The van der Waals surface area contributed by atoms with E-state index in [2.05, 4.69) is 20.2 Å². The summed E-state index contributed by atoms with van der Waals surface area (Å²) in [6, 6.07) is 15.1. The van der Waals surface area contributed by atoms with E-state index in [4.69, 9.17) is 4.42 Å². The maximum atomic E-state index is 13.0. The highest BCUT2D eigenvalue weighted by atomic mass is 16.4. The van der Waals surface area contributed by atoms with Gasteiger partial charge in [0.2, 0.25) is 5.89 Å². The Balaban J connectivity index is 1.38. The van der Waals surface area contributed by atoms with Crippen LogP contribution in [0.15, 0.2) is 65.6 Å². The molecular weight excluding hydrogens is 356 g/mol. The zero-order valence-electron chi connectivity index (χ0n) is 14.9. The summed E-state index contributed by atoms with van der Waals surface area (Å²) in [6.07, 6.45) is 3.72. The van der Waals surface area contributed by atoms with Gasteiger partial charge in [0.15, 0.2) is 0 Å². The molecule has 1 aromatic carbocycles. The predicted molar refractivity (Wildman–Crippen MR) is 99.5 cm³/mol. The van der Waals surface area contributed by atoms with Crippen LogP contribution in [0.2, 0.25) is 0 Å². The van der Waals surface area contributed by atoms with Gasteiger partial charge in [0.05, 0.1) is 6.54 Å². The molecule has 0 bridgehead atoms. The second-order valence-electron chi connectivity index (χ2n) is 6.48. The third kappa shape index (κ3) is 2.94. The first-order valence-electron chi connectivity index (χ1n) is 8.93. The second kappa shape index (κ2) is 6.73. The lowest BCUT2D eigenvalue weighted by Gasteiger charge is -2.25. The molecule has 3 aromatic heterocycles. The van der Waals surface area contributed by atoms with E-state index in [9.17, 15) is 4.79 Å². The molecule has 28 heavy (non-hydrogen) atoms. The third-order valence-electron chi connectivity index (χ3n) is 4.67. The number of aromatic nitrogens is 5. The van der Waals surface area contributed by atoms with Gasteiger partial charge in [0.1, 0.15) is 35.6 Å². The largest absolute Gasteiger partial charge is 0.441 e. The van der Waals surface area contributed by atoms with Gasteiger partial charge in [-0.3, -0.25) is 9.36 Å². The number of fused-ring (bicyclic) bond motifs is 1. The smallest absolute Gasteiger partial charge is 0.272 e. The molecule has 138 valence electrons. The molecule has 0 saturated heterocycles. The number of carbonyl (C=O) groups excluding carboxylic acids is 1. The van der Waals surface area contributed by atoms with Crippen molar-refractivity contribution in [3.63, 3.8) is 0 Å². The molecule has 1 amide bonds. The van der Waals surface area contributed by atoms with Crippen molar-refractivity contribution in [2.75, 3.05) is 6.54 Å². The number of benzene rings is 1. The van der Waals surface area contributed by atoms with Crippen LogP contribution in [0.3, 0.4) is 0 Å². The molecule has 0 fully saturated rings. The molecule has 4 aromatic rings. The Morgan fingerprint density at radius 3 is 2.61 bits per heavy atom. The normalized spacial score (nSPS) is 13.4. The topological polar surface area (TPSA) is 89.9 Å². The van der Waals surface area contributed by atoms with Crippen molar-refractivity contribution in [3.05, 3.63) is 78.3 Å². The summed E-state index contributed by atoms with van der Waals surface area (Å²) in [5, 5.41) is 7.55. The van der Waals surface area contributed by atoms with Crippen LogP contribution < -0.4 is 0 Å². The molecule has 1 aliphatic heterocycles. The van der Waals surface area contributed by atoms with Crippen molar-refractivity contribution >= 4 is 5.91 Å². The van der Waals surface area contributed by atoms with Gasteiger partial charge in [-0.05, 0) is 24.3 Å². The molecule has 0 saturated carbocycles. The van der Waals surface area contributed by atoms with E-state index in [-0.39, 0.29) is 5.91 Å². The van der Waals surface area contributed by atoms with Gasteiger partial charge in [-0.25, -0.2) is 9.97 Å². The summed E-state index contributed by atoms with van der Waals surface area (Å²) in [5.74, 6) is 1.90. The minimum absolute atomic E-state index is 0.134. The van der Waals surface area contributed by atoms with Crippen molar-refractivity contribution in [3.8, 4) is 17.3 Å². The fourth-order valence-corrected chi connectivity index (χ4v) is 3.24. The molecule has 0 radical (unpaired) electrons. The average molecular weight is 372 g/mol. The standard InChI is InChI=1S/C20H16N6O2/c27-20(15-7-4-8-18(23-15)26-12-21-22-13-26)25-10-9-17-16(11-25)24-19(28-17)14-5-2-1-3-6-14/h1-8,12-13H,9-11H2. The Kier molecular flexibility index (Phi) is 3.93. The molecule has 1 aliphatic rings. The average Bonchev–Trinajstić information content (AvgIpc) is 3.43. The van der Waals surface area contributed by atoms with Crippen molar-refractivity contribution in [1.82, 2.24) is 29.6 Å². The molecular formula is C20H16N6O2. The quantitative estimate of drug-likeness (QED) is 0.549. The molecule has 0 aliphatic carbocycles. The lowest BCUT2D eigenvalue weighted by Crippen LogP contribution is -2.36. The Labute approximate surface area is 160 Å². The van der Waals surface area contributed by atoms with Gasteiger partial charge in [-0.1, -0.05) is 24.3 Å². The SMILES string of the molecule is O=C(c1cccc(-n2cnnc2)n1)N1CCc2oc(-c3ccccc3)nc2C1. The van der Waals surface area contributed by atoms with Gasteiger partial charge < -0.3 is 9.32 Å². The van der Waals surface area contributed by atoms with Crippen LogP contribution in [0.25, 0.3) is 17.3 Å². The van der Waals surface area contributed by atoms with Crippen LogP contribution in [-0.2, 0) is 13.0 Å². The van der Waals surface area contributed by atoms with Gasteiger partial charge in [0, 0.05) is 18.5 Å². The summed E-state index contributed by atoms with van der Waals surface area (Å²) in [5.41, 5.74) is 2.10. The van der Waals surface area contributed by atoms with Crippen LogP contribution in [-0.4, -0.2) is 42.1 Å². The fourth-order valence-electron chi connectivity index (χ4n) is 3.24. The number of carbonyl (C=O) groups is 1. The van der Waals surface area contributed by atoms with E-state index in [1.807, 2.05) is 30.3 Å². The van der Waals surface area contributed by atoms with E-state index in [0.717, 1.165) is 17.0 Å². The summed E-state index contributed by atoms with van der Waals surface area (Å²) in [7, 11) is 0. The zero-order chi connectivity index (χ0) is 18.9. The van der Waals surface area contributed by atoms with E-state index in [1.165, 1.54) is 0 Å². The summed E-state index contributed by atoms with van der Waals surface area (Å²) in [4.78, 5) is 23.8. The highest BCUT2D eigenvalue weighted by Crippen LogP contribution is 2.26. The first-order valence-corrected chi connectivity index (χ1v) is 8.93. The third-order valence-corrected chi connectivity index (χ3v) is 4.67. The molecule has 0 spiro atoms. The Bertz CT molecular complexity index is 1120. The van der Waals surface area contributed by atoms with Crippen LogP contribution in [0.5, 0.6) is 0 Å². The van der Waals surface area contributed by atoms with Gasteiger partial charge >= 0.3 is 0 Å². The van der Waals surface area contributed by atoms with Crippen molar-refractivity contribution in [1.29, 1.82) is 0 Å². The first-order chi connectivity index (χ1) is 13.8.